The zero-order chi connectivity index (χ0) is 11.4. The molecule has 0 saturated heterocycles. The molecule has 1 aromatic rings. The number of phenols is 1. The number of benzene rings is 1. The molecule has 0 atom stereocenters. The van der Waals surface area contributed by atoms with Gasteiger partial charge < -0.3 is 14.9 Å². The number of carbonyl (C=O) groups is 1. The molecule has 1 rings (SSSR count). The van der Waals surface area contributed by atoms with Gasteiger partial charge in [0.2, 0.25) is 0 Å². The predicted molar refractivity (Wildman–Crippen MR) is 56.3 cm³/mol. The summed E-state index contributed by atoms with van der Waals surface area (Å²) in [5, 5.41) is 18.0. The summed E-state index contributed by atoms with van der Waals surface area (Å²) < 4.78 is 4.83. The average Bonchev–Trinajstić information content (AvgIpc) is 2.20. The van der Waals surface area contributed by atoms with Gasteiger partial charge in [0, 0.05) is 6.08 Å². The first-order chi connectivity index (χ1) is 7.06. The summed E-state index contributed by atoms with van der Waals surface area (Å²) in [5.74, 6) is -1.04. The first kappa shape index (κ1) is 11.4. The highest BCUT2D eigenvalue weighted by Gasteiger charge is 2.09. The summed E-state index contributed by atoms with van der Waals surface area (Å²) in [6.07, 6.45) is 2.23. The van der Waals surface area contributed by atoms with Crippen molar-refractivity contribution in [3.63, 3.8) is 0 Å². The minimum absolute atomic E-state index is 0.0619. The van der Waals surface area contributed by atoms with Crippen molar-refractivity contribution < 1.29 is 19.7 Å². The normalized spacial score (nSPS) is 10.5. The van der Waals surface area contributed by atoms with Crippen molar-refractivity contribution in [2.75, 3.05) is 7.11 Å². The van der Waals surface area contributed by atoms with Crippen LogP contribution in [0, 0.1) is 0 Å². The van der Waals surface area contributed by atoms with Gasteiger partial charge in [-0.2, -0.15) is 0 Å². The number of phenolic OH excluding ortho intramolecular Hbond substituents is 1. The highest BCUT2D eigenvalue weighted by atomic mass is 35.5. The van der Waals surface area contributed by atoms with E-state index >= 15 is 0 Å². The van der Waals surface area contributed by atoms with E-state index in [9.17, 15) is 9.90 Å². The second-order valence-corrected chi connectivity index (χ2v) is 3.07. The highest BCUT2D eigenvalue weighted by Crippen LogP contribution is 2.36. The molecule has 15 heavy (non-hydrogen) atoms. The van der Waals surface area contributed by atoms with Gasteiger partial charge in [-0.15, -0.1) is 0 Å². The molecule has 5 heteroatoms. The van der Waals surface area contributed by atoms with Crippen LogP contribution in [0.4, 0.5) is 0 Å². The number of rotatable bonds is 3. The smallest absolute Gasteiger partial charge is 0.328 e. The lowest BCUT2D eigenvalue weighted by atomic mass is 10.2. The third-order valence-electron chi connectivity index (χ3n) is 1.73. The van der Waals surface area contributed by atoms with Crippen molar-refractivity contribution in [1.29, 1.82) is 0 Å². The lowest BCUT2D eigenvalue weighted by Gasteiger charge is -2.06. The van der Waals surface area contributed by atoms with E-state index in [1.165, 1.54) is 19.3 Å². The molecule has 1 aromatic carbocycles. The van der Waals surface area contributed by atoms with Crippen LogP contribution in [-0.2, 0) is 4.79 Å². The lowest BCUT2D eigenvalue weighted by molar-refractivity contribution is -0.131. The Morgan fingerprint density at radius 1 is 1.53 bits per heavy atom. The molecule has 0 saturated carbocycles. The van der Waals surface area contributed by atoms with E-state index in [2.05, 4.69) is 0 Å². The van der Waals surface area contributed by atoms with E-state index in [4.69, 9.17) is 21.4 Å². The molecule has 0 unspecified atom stereocenters. The third-order valence-corrected chi connectivity index (χ3v) is 2.13. The van der Waals surface area contributed by atoms with Crippen LogP contribution >= 0.6 is 11.6 Å². The molecular formula is C10H9ClO4. The predicted octanol–water partition coefficient (Wildman–Crippen LogP) is 2.15. The molecule has 0 aromatic heterocycles. The minimum Gasteiger partial charge on any atom is -0.503 e. The van der Waals surface area contributed by atoms with E-state index in [1.807, 2.05) is 0 Å². The Morgan fingerprint density at radius 2 is 2.20 bits per heavy atom. The molecule has 80 valence electrons. The molecule has 0 spiro atoms. The fourth-order valence-electron chi connectivity index (χ4n) is 1.02. The summed E-state index contributed by atoms with van der Waals surface area (Å²) in [7, 11) is 1.40. The Balaban J connectivity index is 3.12. The number of carboxylic acids is 1. The van der Waals surface area contributed by atoms with E-state index in [0.29, 0.717) is 5.56 Å². The van der Waals surface area contributed by atoms with Gasteiger partial charge in [-0.3, -0.25) is 0 Å². The average molecular weight is 229 g/mol. The summed E-state index contributed by atoms with van der Waals surface area (Å²) in [5.41, 5.74) is 0.414. The molecule has 0 fully saturated rings. The largest absolute Gasteiger partial charge is 0.503 e. The Morgan fingerprint density at radius 3 is 2.73 bits per heavy atom. The number of aromatic hydroxyl groups is 1. The number of ether oxygens (including phenoxy) is 1. The monoisotopic (exact) mass is 228 g/mol. The van der Waals surface area contributed by atoms with E-state index in [-0.39, 0.29) is 16.5 Å². The van der Waals surface area contributed by atoms with Crippen LogP contribution in [0.1, 0.15) is 5.56 Å². The van der Waals surface area contributed by atoms with Gasteiger partial charge in [0.25, 0.3) is 0 Å². The van der Waals surface area contributed by atoms with Crippen LogP contribution < -0.4 is 4.74 Å². The molecule has 0 aliphatic rings. The number of methoxy groups -OCH3 is 1. The van der Waals surface area contributed by atoms with Crippen molar-refractivity contribution in [2.45, 2.75) is 0 Å². The van der Waals surface area contributed by atoms with Gasteiger partial charge in [0.05, 0.1) is 12.1 Å². The standard InChI is InChI=1S/C10H9ClO4/c1-15-7-4-2-6(3-5-8(12)13)9(11)10(7)14/h2-5,14H,1H3,(H,12,13). The van der Waals surface area contributed by atoms with Crippen molar-refractivity contribution in [2.24, 2.45) is 0 Å². The van der Waals surface area contributed by atoms with Gasteiger partial charge >= 0.3 is 5.97 Å². The maximum absolute atomic E-state index is 10.3. The Labute approximate surface area is 91.4 Å². The number of hydrogen-bond donors (Lipinski definition) is 2. The number of halogens is 1. The van der Waals surface area contributed by atoms with Crippen LogP contribution in [0.25, 0.3) is 6.08 Å². The molecule has 4 nitrogen and oxygen atoms in total. The zero-order valence-electron chi connectivity index (χ0n) is 7.90. The number of aliphatic carboxylic acids is 1. The molecular weight excluding hydrogens is 220 g/mol. The number of carboxylic acid groups (broad SMARTS) is 1. The van der Waals surface area contributed by atoms with Crippen LogP contribution in [-0.4, -0.2) is 23.3 Å². The van der Waals surface area contributed by atoms with Crippen LogP contribution in [0.2, 0.25) is 5.02 Å². The fraction of sp³-hybridized carbons (Fsp3) is 0.100. The number of hydrogen-bond acceptors (Lipinski definition) is 3. The summed E-state index contributed by atoms with van der Waals surface area (Å²) in [6, 6.07) is 3.06. The third kappa shape index (κ3) is 2.63. The Bertz CT molecular complexity index is 412. The summed E-state index contributed by atoms with van der Waals surface area (Å²) in [6.45, 7) is 0. The first-order valence-electron chi connectivity index (χ1n) is 4.02. The minimum atomic E-state index is -1.08. The second-order valence-electron chi connectivity index (χ2n) is 2.69. The lowest BCUT2D eigenvalue weighted by Crippen LogP contribution is -1.88. The van der Waals surface area contributed by atoms with Gasteiger partial charge in [-0.25, -0.2) is 4.79 Å². The van der Waals surface area contributed by atoms with Crippen molar-refractivity contribution in [3.05, 3.63) is 28.8 Å². The second kappa shape index (κ2) is 4.70. The van der Waals surface area contributed by atoms with Crippen LogP contribution in [0.3, 0.4) is 0 Å². The van der Waals surface area contributed by atoms with E-state index in [1.54, 1.807) is 6.07 Å². The Kier molecular flexibility index (Phi) is 3.57. The molecule has 0 radical (unpaired) electrons. The maximum Gasteiger partial charge on any atom is 0.328 e. The zero-order valence-corrected chi connectivity index (χ0v) is 8.65. The van der Waals surface area contributed by atoms with E-state index < -0.39 is 5.97 Å². The molecule has 2 N–H and O–H groups in total. The van der Waals surface area contributed by atoms with Crippen molar-refractivity contribution in [1.82, 2.24) is 0 Å². The molecule has 0 aliphatic carbocycles. The molecule has 0 amide bonds. The van der Waals surface area contributed by atoms with Crippen LogP contribution in [0.5, 0.6) is 11.5 Å². The topological polar surface area (TPSA) is 66.8 Å². The fourth-order valence-corrected chi connectivity index (χ4v) is 1.24. The molecule has 0 bridgehead atoms. The van der Waals surface area contributed by atoms with E-state index in [0.717, 1.165) is 6.08 Å². The van der Waals surface area contributed by atoms with Crippen molar-refractivity contribution >= 4 is 23.6 Å². The van der Waals surface area contributed by atoms with Gasteiger partial charge in [0.15, 0.2) is 11.5 Å². The summed E-state index contributed by atoms with van der Waals surface area (Å²) in [4.78, 5) is 10.3. The molecule has 0 aliphatic heterocycles. The highest BCUT2D eigenvalue weighted by molar-refractivity contribution is 6.33. The van der Waals surface area contributed by atoms with Gasteiger partial charge in [-0.1, -0.05) is 11.6 Å². The SMILES string of the molecule is COc1ccc(C=CC(=O)O)c(Cl)c1O. The van der Waals surface area contributed by atoms with Gasteiger partial charge in [-0.05, 0) is 23.8 Å². The maximum atomic E-state index is 10.3. The first-order valence-corrected chi connectivity index (χ1v) is 4.40. The van der Waals surface area contributed by atoms with Crippen LogP contribution in [0.15, 0.2) is 18.2 Å². The van der Waals surface area contributed by atoms with Crippen molar-refractivity contribution in [3.8, 4) is 11.5 Å². The molecule has 0 heterocycles. The summed E-state index contributed by atoms with van der Waals surface area (Å²) >= 11 is 5.79. The Hall–Kier alpha value is -1.68. The quantitative estimate of drug-likeness (QED) is 0.778. The van der Waals surface area contributed by atoms with Gasteiger partial charge in [0.1, 0.15) is 0 Å².